The van der Waals surface area contributed by atoms with Gasteiger partial charge in [-0.15, -0.1) is 0 Å². The van der Waals surface area contributed by atoms with Gasteiger partial charge in [-0.2, -0.15) is 0 Å². The van der Waals surface area contributed by atoms with E-state index >= 15 is 0 Å². The van der Waals surface area contributed by atoms with Crippen molar-refractivity contribution in [3.05, 3.63) is 0 Å². The van der Waals surface area contributed by atoms with Crippen molar-refractivity contribution in [3.8, 4) is 0 Å². The third kappa shape index (κ3) is 11.6. The second-order valence-corrected chi connectivity index (χ2v) is 7.10. The van der Waals surface area contributed by atoms with Crippen LogP contribution in [0.1, 0.15) is 26.2 Å². The minimum absolute atomic E-state index is 0.119. The van der Waals surface area contributed by atoms with Gasteiger partial charge in [0.1, 0.15) is 18.1 Å². The third-order valence-electron chi connectivity index (χ3n) is 4.20. The number of nitrogens with one attached hydrogen (secondary N) is 3. The Labute approximate surface area is 189 Å². The summed E-state index contributed by atoms with van der Waals surface area (Å²) in [7, 11) is 0. The molecule has 4 amide bonds. The molecule has 0 rings (SSSR count). The van der Waals surface area contributed by atoms with Crippen LogP contribution in [0.4, 0.5) is 0 Å². The first-order valence-electron chi connectivity index (χ1n) is 9.82. The molecule has 0 aromatic rings. The Balaban J connectivity index is 5.07. The van der Waals surface area contributed by atoms with Crippen molar-refractivity contribution in [1.29, 1.82) is 0 Å². The lowest BCUT2D eigenvalue weighted by Gasteiger charge is -2.25. The maximum Gasteiger partial charge on any atom is 0.326 e. The Hall–Kier alpha value is -3.50. The molecule has 0 aliphatic heterocycles. The molecule has 0 fully saturated rings. The fraction of sp³-hybridized carbons (Fsp3) is 0.647. The summed E-state index contributed by atoms with van der Waals surface area (Å²) >= 11 is 0. The molecule has 0 heterocycles. The second kappa shape index (κ2) is 14.5. The Kier molecular flexibility index (Phi) is 13.0. The highest BCUT2D eigenvalue weighted by Gasteiger charge is 2.33. The van der Waals surface area contributed by atoms with Gasteiger partial charge in [0.25, 0.3) is 0 Å². The first-order chi connectivity index (χ1) is 15.3. The molecule has 5 unspecified atom stereocenters. The number of rotatable bonds is 15. The average Bonchev–Trinajstić information content (AvgIpc) is 2.71. The summed E-state index contributed by atoms with van der Waals surface area (Å²) in [5, 5.41) is 34.6. The lowest BCUT2D eigenvalue weighted by Crippen LogP contribution is -2.60. The average molecular weight is 476 g/mol. The molecule has 0 aromatic carbocycles. The molecule has 14 N–H and O–H groups in total. The third-order valence-corrected chi connectivity index (χ3v) is 4.20. The molecule has 5 atom stereocenters. The Morgan fingerprint density at radius 2 is 1.52 bits per heavy atom. The molecule has 0 aliphatic carbocycles. The van der Waals surface area contributed by atoms with E-state index < -0.39 is 72.9 Å². The zero-order chi connectivity index (χ0) is 25.7. The fourth-order valence-corrected chi connectivity index (χ4v) is 2.45. The molecule has 16 nitrogen and oxygen atoms in total. The number of guanidine groups is 1. The van der Waals surface area contributed by atoms with E-state index in [2.05, 4.69) is 15.6 Å². The van der Waals surface area contributed by atoms with Crippen molar-refractivity contribution in [1.82, 2.24) is 16.0 Å². The summed E-state index contributed by atoms with van der Waals surface area (Å²) in [6.07, 6.45) is -1.71. The van der Waals surface area contributed by atoms with Crippen LogP contribution in [0.25, 0.3) is 0 Å². The van der Waals surface area contributed by atoms with Crippen molar-refractivity contribution in [3.63, 3.8) is 0 Å². The van der Waals surface area contributed by atoms with Gasteiger partial charge in [-0.05, 0) is 19.8 Å². The number of primary amides is 1. The molecule has 0 bridgehead atoms. The van der Waals surface area contributed by atoms with E-state index in [1.165, 1.54) is 0 Å². The van der Waals surface area contributed by atoms with Gasteiger partial charge in [0.15, 0.2) is 5.96 Å². The number of aliphatic hydroxyl groups excluding tert-OH is 2. The summed E-state index contributed by atoms with van der Waals surface area (Å²) in [5.41, 5.74) is 21.0. The Bertz CT molecular complexity index is 741. The van der Waals surface area contributed by atoms with Crippen LogP contribution in [0.2, 0.25) is 0 Å². The predicted molar refractivity (Wildman–Crippen MR) is 114 cm³/mol. The molecule has 188 valence electrons. The maximum absolute atomic E-state index is 12.4. The zero-order valence-electron chi connectivity index (χ0n) is 18.1. The van der Waals surface area contributed by atoms with Crippen LogP contribution < -0.4 is 38.9 Å². The number of hydrogen-bond acceptors (Lipinski definition) is 9. The van der Waals surface area contributed by atoms with Crippen LogP contribution in [-0.2, 0) is 24.0 Å². The highest BCUT2D eigenvalue weighted by molar-refractivity contribution is 5.95. The normalized spacial score (nSPS) is 15.2. The zero-order valence-corrected chi connectivity index (χ0v) is 18.1. The van der Waals surface area contributed by atoms with Crippen molar-refractivity contribution in [2.24, 2.45) is 27.9 Å². The van der Waals surface area contributed by atoms with E-state index in [9.17, 15) is 34.2 Å². The van der Waals surface area contributed by atoms with Crippen molar-refractivity contribution < 1.29 is 39.3 Å². The molecule has 16 heteroatoms. The van der Waals surface area contributed by atoms with E-state index in [0.717, 1.165) is 6.92 Å². The molecule has 0 radical (unpaired) electrons. The minimum Gasteiger partial charge on any atom is -0.480 e. The fourth-order valence-electron chi connectivity index (χ4n) is 2.45. The lowest BCUT2D eigenvalue weighted by molar-refractivity contribution is -0.144. The Morgan fingerprint density at radius 1 is 0.939 bits per heavy atom. The molecule has 0 saturated heterocycles. The summed E-state index contributed by atoms with van der Waals surface area (Å²) in [5.74, 6) is -5.65. The number of hydrogen-bond donors (Lipinski definition) is 10. The summed E-state index contributed by atoms with van der Waals surface area (Å²) in [6, 6.07) is -5.96. The number of carbonyl (C=O) groups is 5. The standard InChI is InChI=1S/C17H32N8O8/c1-7(27)12(15(31)23-9(16(32)33)5-11(19)28)25-14(30)10(6-26)24-13(29)8(18)3-2-4-22-17(20)21/h7-10,12,26-27H,2-6,18H2,1H3,(H2,19,28)(H,23,31)(H,24,29)(H,25,30)(H,32,33)(H4,20,21,22). The molecule has 0 spiro atoms. The van der Waals surface area contributed by atoms with Crippen LogP contribution in [0.3, 0.4) is 0 Å². The number of aliphatic imine (C=N–C) groups is 1. The SMILES string of the molecule is CC(O)C(NC(=O)C(CO)NC(=O)C(N)CCCN=C(N)N)C(=O)NC(CC(N)=O)C(=O)O. The number of nitrogens with zero attached hydrogens (tertiary/aromatic N) is 1. The topological polar surface area (TPSA) is 299 Å². The van der Waals surface area contributed by atoms with E-state index in [1.807, 2.05) is 5.32 Å². The minimum atomic E-state index is -1.70. The van der Waals surface area contributed by atoms with Gasteiger partial charge in [0.05, 0.1) is 25.2 Å². The predicted octanol–water partition coefficient (Wildman–Crippen LogP) is -5.85. The quantitative estimate of drug-likeness (QED) is 0.0602. The van der Waals surface area contributed by atoms with E-state index in [4.69, 9.17) is 28.0 Å². The first-order valence-corrected chi connectivity index (χ1v) is 9.82. The van der Waals surface area contributed by atoms with Crippen molar-refractivity contribution in [2.45, 2.75) is 56.5 Å². The number of amides is 4. The van der Waals surface area contributed by atoms with E-state index in [0.29, 0.717) is 6.42 Å². The number of carbonyl (C=O) groups excluding carboxylic acids is 4. The summed E-state index contributed by atoms with van der Waals surface area (Å²) in [6.45, 7) is 0.491. The van der Waals surface area contributed by atoms with Crippen LogP contribution in [0.5, 0.6) is 0 Å². The maximum atomic E-state index is 12.4. The summed E-state index contributed by atoms with van der Waals surface area (Å²) in [4.78, 5) is 62.8. The van der Waals surface area contributed by atoms with Crippen LogP contribution in [0.15, 0.2) is 4.99 Å². The summed E-state index contributed by atoms with van der Waals surface area (Å²) < 4.78 is 0. The van der Waals surface area contributed by atoms with Gasteiger partial charge >= 0.3 is 5.97 Å². The van der Waals surface area contributed by atoms with Gasteiger partial charge in [-0.25, -0.2) is 4.79 Å². The van der Waals surface area contributed by atoms with Crippen LogP contribution >= 0.6 is 0 Å². The van der Waals surface area contributed by atoms with Gasteiger partial charge in [0, 0.05) is 6.54 Å². The highest BCUT2D eigenvalue weighted by atomic mass is 16.4. The number of aliphatic carboxylic acids is 1. The highest BCUT2D eigenvalue weighted by Crippen LogP contribution is 2.01. The van der Waals surface area contributed by atoms with Gasteiger partial charge < -0.3 is 54.2 Å². The molecular formula is C17H32N8O8. The molecule has 33 heavy (non-hydrogen) atoms. The van der Waals surface area contributed by atoms with Crippen molar-refractivity contribution >= 4 is 35.6 Å². The van der Waals surface area contributed by atoms with Gasteiger partial charge in [0.2, 0.25) is 23.6 Å². The largest absolute Gasteiger partial charge is 0.480 e. The molecule has 0 saturated carbocycles. The molecular weight excluding hydrogens is 444 g/mol. The van der Waals surface area contributed by atoms with Crippen LogP contribution in [-0.4, -0.2) is 94.3 Å². The van der Waals surface area contributed by atoms with Crippen molar-refractivity contribution in [2.75, 3.05) is 13.2 Å². The Morgan fingerprint density at radius 3 is 1.97 bits per heavy atom. The lowest BCUT2D eigenvalue weighted by atomic mass is 10.1. The van der Waals surface area contributed by atoms with Gasteiger partial charge in [-0.1, -0.05) is 0 Å². The number of carboxylic acids is 1. The smallest absolute Gasteiger partial charge is 0.326 e. The number of carboxylic acid groups (broad SMARTS) is 1. The van der Waals surface area contributed by atoms with E-state index in [1.54, 1.807) is 0 Å². The number of aliphatic hydroxyl groups is 2. The van der Waals surface area contributed by atoms with Crippen LogP contribution in [0, 0.1) is 0 Å². The monoisotopic (exact) mass is 476 g/mol. The van der Waals surface area contributed by atoms with E-state index in [-0.39, 0.29) is 18.9 Å². The molecule has 0 aromatic heterocycles. The first kappa shape index (κ1) is 29.5. The van der Waals surface area contributed by atoms with Gasteiger partial charge in [-0.3, -0.25) is 24.2 Å². The number of nitrogens with two attached hydrogens (primary N) is 4. The second-order valence-electron chi connectivity index (χ2n) is 7.10. The molecule has 0 aliphatic rings.